The van der Waals surface area contributed by atoms with E-state index in [1.165, 1.54) is 13.0 Å². The second-order valence-corrected chi connectivity index (χ2v) is 10.2. The zero-order chi connectivity index (χ0) is 24.5. The van der Waals surface area contributed by atoms with Gasteiger partial charge in [0.05, 0.1) is 13.7 Å². The molecule has 2 aromatic carbocycles. The third kappa shape index (κ3) is 4.64. The first-order chi connectivity index (χ1) is 16.2. The highest BCUT2D eigenvalue weighted by molar-refractivity contribution is 5.80. The number of hydrogen-bond donors (Lipinski definition) is 1. The van der Waals surface area contributed by atoms with Crippen molar-refractivity contribution in [3.63, 3.8) is 0 Å². The first-order valence-electron chi connectivity index (χ1n) is 12.2. The van der Waals surface area contributed by atoms with Crippen LogP contribution in [0.15, 0.2) is 42.5 Å². The third-order valence-corrected chi connectivity index (χ3v) is 8.18. The van der Waals surface area contributed by atoms with Gasteiger partial charge in [0, 0.05) is 5.41 Å². The highest BCUT2D eigenvalue weighted by Crippen LogP contribution is 2.55. The summed E-state index contributed by atoms with van der Waals surface area (Å²) in [5.41, 5.74) is -2.10. The van der Waals surface area contributed by atoms with Crippen molar-refractivity contribution >= 4 is 5.97 Å². The van der Waals surface area contributed by atoms with E-state index in [0.717, 1.165) is 44.1 Å². The van der Waals surface area contributed by atoms with Gasteiger partial charge in [-0.2, -0.15) is 0 Å². The van der Waals surface area contributed by atoms with E-state index in [9.17, 15) is 14.3 Å². The summed E-state index contributed by atoms with van der Waals surface area (Å²) in [6, 6.07) is 12.2. The highest BCUT2D eigenvalue weighted by Gasteiger charge is 2.59. The van der Waals surface area contributed by atoms with Gasteiger partial charge >= 0.3 is 5.97 Å². The molecule has 4 rings (SSSR count). The monoisotopic (exact) mass is 472 g/mol. The van der Waals surface area contributed by atoms with Crippen LogP contribution in [-0.4, -0.2) is 30.5 Å². The smallest absolute Gasteiger partial charge is 0.342 e. The molecule has 2 saturated carbocycles. The number of rotatable bonds is 9. The molecule has 1 N–H and O–H groups in total. The molecule has 0 aromatic heterocycles. The standard InChI is InChI=1S/C28H34F2O4/c1-27(20-11-12-20,28(2,30)26(31)32)21-5-4-6-23(15-21)34-17-18-7-9-19(10-8-18)24-16-22(33-3)13-14-25(24)29/h4-6,13-16,18-20H,7-12,17H2,1-3H3,(H,31,32)/t18-,19-,27?,28-/m1/s1. The minimum Gasteiger partial charge on any atom is -0.497 e. The number of ether oxygens (including phenoxy) is 2. The minimum absolute atomic E-state index is 0.00105. The van der Waals surface area contributed by atoms with E-state index in [4.69, 9.17) is 9.47 Å². The summed E-state index contributed by atoms with van der Waals surface area (Å²) >= 11 is 0. The van der Waals surface area contributed by atoms with Gasteiger partial charge in [0.1, 0.15) is 17.3 Å². The Balaban J connectivity index is 1.39. The second-order valence-electron chi connectivity index (χ2n) is 10.2. The predicted molar refractivity (Wildman–Crippen MR) is 127 cm³/mol. The average Bonchev–Trinajstić information content (AvgIpc) is 3.69. The van der Waals surface area contributed by atoms with E-state index in [0.29, 0.717) is 29.6 Å². The number of alkyl halides is 1. The van der Waals surface area contributed by atoms with E-state index in [1.54, 1.807) is 38.3 Å². The lowest BCUT2D eigenvalue weighted by Gasteiger charge is -2.39. The van der Waals surface area contributed by atoms with Crippen molar-refractivity contribution in [2.75, 3.05) is 13.7 Å². The summed E-state index contributed by atoms with van der Waals surface area (Å²) in [6.45, 7) is 3.42. The SMILES string of the molecule is COc1ccc(F)c([C@H]2CC[C@H](COc3cccc(C(C)(C4CC4)[C@](C)(F)C(=O)O)c3)CC2)c1. The second kappa shape index (κ2) is 9.55. The molecule has 2 aromatic rings. The van der Waals surface area contributed by atoms with Crippen molar-refractivity contribution in [1.82, 2.24) is 0 Å². The van der Waals surface area contributed by atoms with E-state index in [1.807, 2.05) is 12.1 Å². The number of carboxylic acids is 1. The Morgan fingerprint density at radius 2 is 1.74 bits per heavy atom. The maximum Gasteiger partial charge on any atom is 0.342 e. The largest absolute Gasteiger partial charge is 0.497 e. The summed E-state index contributed by atoms with van der Waals surface area (Å²) < 4.78 is 41.1. The Morgan fingerprint density at radius 1 is 1.03 bits per heavy atom. The van der Waals surface area contributed by atoms with Crippen LogP contribution in [0.3, 0.4) is 0 Å². The third-order valence-electron chi connectivity index (χ3n) is 8.18. The van der Waals surface area contributed by atoms with E-state index < -0.39 is 17.1 Å². The summed E-state index contributed by atoms with van der Waals surface area (Å²) in [5, 5.41) is 9.57. The van der Waals surface area contributed by atoms with Crippen molar-refractivity contribution in [3.8, 4) is 11.5 Å². The van der Waals surface area contributed by atoms with Gasteiger partial charge in [-0.3, -0.25) is 0 Å². The van der Waals surface area contributed by atoms with Crippen LogP contribution in [0.5, 0.6) is 11.5 Å². The van der Waals surface area contributed by atoms with Crippen LogP contribution >= 0.6 is 0 Å². The molecule has 2 aliphatic carbocycles. The molecule has 2 aliphatic rings. The molecule has 6 heteroatoms. The molecule has 184 valence electrons. The Kier molecular flexibility index (Phi) is 6.88. The molecule has 1 unspecified atom stereocenters. The molecule has 2 fully saturated rings. The first kappa shape index (κ1) is 24.5. The summed E-state index contributed by atoms with van der Waals surface area (Å²) in [5.74, 6) is 0.218. The lowest BCUT2D eigenvalue weighted by molar-refractivity contribution is -0.155. The number of aliphatic carboxylic acids is 1. The fourth-order valence-corrected chi connectivity index (χ4v) is 5.50. The van der Waals surface area contributed by atoms with E-state index in [2.05, 4.69) is 0 Å². The van der Waals surface area contributed by atoms with Gasteiger partial charge in [0.25, 0.3) is 0 Å². The number of halogens is 2. The Hall–Kier alpha value is -2.63. The molecule has 0 amide bonds. The van der Waals surface area contributed by atoms with Gasteiger partial charge in [-0.15, -0.1) is 0 Å². The summed E-state index contributed by atoms with van der Waals surface area (Å²) in [7, 11) is 1.59. The van der Waals surface area contributed by atoms with Gasteiger partial charge in [0.2, 0.25) is 5.67 Å². The molecule has 4 nitrogen and oxygen atoms in total. The van der Waals surface area contributed by atoms with Gasteiger partial charge in [0.15, 0.2) is 0 Å². The van der Waals surface area contributed by atoms with Crippen LogP contribution in [-0.2, 0) is 10.2 Å². The van der Waals surface area contributed by atoms with Gasteiger partial charge in [-0.05, 0) is 105 Å². The van der Waals surface area contributed by atoms with Crippen molar-refractivity contribution < 1.29 is 28.2 Å². The van der Waals surface area contributed by atoms with E-state index in [-0.39, 0.29) is 17.7 Å². The zero-order valence-electron chi connectivity index (χ0n) is 20.2. The van der Waals surface area contributed by atoms with Crippen LogP contribution in [0.2, 0.25) is 0 Å². The van der Waals surface area contributed by atoms with Crippen molar-refractivity contribution in [1.29, 1.82) is 0 Å². The molecular weight excluding hydrogens is 438 g/mol. The van der Waals surface area contributed by atoms with Gasteiger partial charge in [-0.25, -0.2) is 13.6 Å². The zero-order valence-corrected chi connectivity index (χ0v) is 20.2. The maximum atomic E-state index is 15.4. The van der Waals surface area contributed by atoms with Crippen LogP contribution in [0, 0.1) is 17.7 Å². The minimum atomic E-state index is -2.37. The van der Waals surface area contributed by atoms with Crippen LogP contribution < -0.4 is 9.47 Å². The summed E-state index contributed by atoms with van der Waals surface area (Å²) in [4.78, 5) is 11.7. The van der Waals surface area contributed by atoms with Crippen LogP contribution in [0.1, 0.15) is 69.4 Å². The maximum absolute atomic E-state index is 15.4. The molecular formula is C28H34F2O4. The fourth-order valence-electron chi connectivity index (χ4n) is 5.50. The van der Waals surface area contributed by atoms with Crippen molar-refractivity contribution in [3.05, 3.63) is 59.4 Å². The fraction of sp³-hybridized carbons (Fsp3) is 0.536. The van der Waals surface area contributed by atoms with Gasteiger partial charge in [-0.1, -0.05) is 19.1 Å². The predicted octanol–water partition coefficient (Wildman–Crippen LogP) is 6.67. The number of methoxy groups -OCH3 is 1. The number of carboxylic acid groups (broad SMARTS) is 1. The molecule has 34 heavy (non-hydrogen) atoms. The molecule has 2 atom stereocenters. The molecule has 0 heterocycles. The van der Waals surface area contributed by atoms with Crippen molar-refractivity contribution in [2.45, 2.75) is 69.4 Å². The quantitative estimate of drug-likeness (QED) is 0.443. The van der Waals surface area contributed by atoms with E-state index >= 15 is 4.39 Å². The Bertz CT molecular complexity index is 1020. The molecule has 0 saturated heterocycles. The lowest BCUT2D eigenvalue weighted by Crippen LogP contribution is -2.51. The van der Waals surface area contributed by atoms with Crippen LogP contribution in [0.4, 0.5) is 8.78 Å². The molecule has 0 spiro atoms. The highest BCUT2D eigenvalue weighted by atomic mass is 19.1. The number of hydrogen-bond acceptors (Lipinski definition) is 3. The summed E-state index contributed by atoms with van der Waals surface area (Å²) in [6.07, 6.45) is 5.29. The number of benzene rings is 2. The molecule has 0 bridgehead atoms. The number of carbonyl (C=O) groups is 1. The topological polar surface area (TPSA) is 55.8 Å². The normalized spacial score (nSPS) is 24.0. The Morgan fingerprint density at radius 3 is 2.35 bits per heavy atom. The first-order valence-corrected chi connectivity index (χ1v) is 12.2. The molecule has 0 radical (unpaired) electrons. The van der Waals surface area contributed by atoms with Crippen molar-refractivity contribution in [2.24, 2.45) is 11.8 Å². The molecule has 0 aliphatic heterocycles. The average molecular weight is 473 g/mol. The Labute approximate surface area is 200 Å². The van der Waals surface area contributed by atoms with Gasteiger partial charge < -0.3 is 14.6 Å². The van der Waals surface area contributed by atoms with Crippen LogP contribution in [0.25, 0.3) is 0 Å². The lowest BCUT2D eigenvalue weighted by atomic mass is 9.67.